The van der Waals surface area contributed by atoms with E-state index in [0.29, 0.717) is 38.1 Å². The molecule has 4 rings (SSSR count). The third-order valence-corrected chi connectivity index (χ3v) is 5.24. The molecule has 1 aliphatic rings. The predicted octanol–water partition coefficient (Wildman–Crippen LogP) is 2.43. The second-order valence-electron chi connectivity index (χ2n) is 7.40. The molecule has 2 aromatic carbocycles. The fourth-order valence-electron chi connectivity index (χ4n) is 3.59. The van der Waals surface area contributed by atoms with E-state index >= 15 is 0 Å². The lowest BCUT2D eigenvalue weighted by atomic mass is 9.99. The van der Waals surface area contributed by atoms with Crippen molar-refractivity contribution in [2.75, 3.05) is 33.4 Å². The lowest BCUT2D eigenvalue weighted by molar-refractivity contribution is 0.0127. The van der Waals surface area contributed by atoms with Crippen LogP contribution in [0.4, 0.5) is 4.39 Å². The van der Waals surface area contributed by atoms with Crippen LogP contribution in [-0.2, 0) is 15.9 Å². The standard InChI is InChI=1S/C23H22FN3O5/c1-31-23(30)19-12-18(22(29)26-27-6-8-32-9-7-27)17-11-15(13-25-20(17)21(19)28)10-14-2-4-16(24)5-3-14/h2-5,11-13,28H,6-10H2,1H3,(H,26,29). The van der Waals surface area contributed by atoms with Crippen LogP contribution < -0.4 is 5.43 Å². The molecule has 0 spiro atoms. The topological polar surface area (TPSA) is 101 Å². The number of benzene rings is 2. The van der Waals surface area contributed by atoms with Gasteiger partial charge in [0.1, 0.15) is 16.9 Å². The van der Waals surface area contributed by atoms with Gasteiger partial charge in [-0.3, -0.25) is 15.2 Å². The number of rotatable bonds is 5. The number of phenolic OH excluding ortho intramolecular Hbond substituents is 1. The highest BCUT2D eigenvalue weighted by Crippen LogP contribution is 2.32. The number of methoxy groups -OCH3 is 1. The number of carbonyl (C=O) groups excluding carboxylic acids is 2. The maximum Gasteiger partial charge on any atom is 0.341 e. The van der Waals surface area contributed by atoms with Gasteiger partial charge in [-0.1, -0.05) is 12.1 Å². The first kappa shape index (κ1) is 21.7. The van der Waals surface area contributed by atoms with E-state index in [2.05, 4.69) is 10.4 Å². The van der Waals surface area contributed by atoms with Crippen molar-refractivity contribution in [3.63, 3.8) is 0 Å². The van der Waals surface area contributed by atoms with Gasteiger partial charge in [0.05, 0.1) is 25.9 Å². The number of hydrogen-bond donors (Lipinski definition) is 2. The average molecular weight is 439 g/mol. The number of hydrogen-bond acceptors (Lipinski definition) is 7. The first-order valence-electron chi connectivity index (χ1n) is 10.1. The number of carbonyl (C=O) groups is 2. The van der Waals surface area contributed by atoms with Crippen LogP contribution in [0.1, 0.15) is 31.8 Å². The third kappa shape index (κ3) is 4.53. The number of nitrogens with zero attached hydrogens (tertiary/aromatic N) is 2. The normalized spacial score (nSPS) is 14.3. The number of esters is 1. The number of aromatic hydroxyl groups is 1. The molecule has 0 saturated carbocycles. The van der Waals surface area contributed by atoms with Crippen LogP contribution in [0.3, 0.4) is 0 Å². The SMILES string of the molecule is COC(=O)c1cc(C(=O)NN2CCOCC2)c2cc(Cc3ccc(F)cc3)cnc2c1O. The summed E-state index contributed by atoms with van der Waals surface area (Å²) in [6, 6.07) is 9.13. The highest BCUT2D eigenvalue weighted by molar-refractivity contribution is 6.11. The molecule has 32 heavy (non-hydrogen) atoms. The van der Waals surface area contributed by atoms with Crippen molar-refractivity contribution in [2.24, 2.45) is 0 Å². The zero-order valence-electron chi connectivity index (χ0n) is 17.4. The molecule has 0 unspecified atom stereocenters. The van der Waals surface area contributed by atoms with Crippen LogP contribution in [0.5, 0.6) is 5.75 Å². The number of hydrazine groups is 1. The number of morpholine rings is 1. The second-order valence-corrected chi connectivity index (χ2v) is 7.40. The van der Waals surface area contributed by atoms with Crippen LogP contribution >= 0.6 is 0 Å². The number of phenols is 1. The molecule has 1 saturated heterocycles. The maximum atomic E-state index is 13.2. The lowest BCUT2D eigenvalue weighted by Gasteiger charge is -2.27. The van der Waals surface area contributed by atoms with E-state index < -0.39 is 11.9 Å². The molecule has 0 radical (unpaired) electrons. The number of fused-ring (bicyclic) bond motifs is 1. The summed E-state index contributed by atoms with van der Waals surface area (Å²) in [5.74, 6) is -1.90. The maximum absolute atomic E-state index is 13.2. The van der Waals surface area contributed by atoms with Gasteiger partial charge >= 0.3 is 5.97 Å². The molecule has 1 amide bonds. The number of ether oxygens (including phenoxy) is 2. The summed E-state index contributed by atoms with van der Waals surface area (Å²) >= 11 is 0. The van der Waals surface area contributed by atoms with Gasteiger partial charge in [0, 0.05) is 24.7 Å². The van der Waals surface area contributed by atoms with E-state index in [1.54, 1.807) is 29.4 Å². The summed E-state index contributed by atoms with van der Waals surface area (Å²) in [7, 11) is 1.19. The minimum atomic E-state index is -0.776. The minimum Gasteiger partial charge on any atom is -0.505 e. The Morgan fingerprint density at radius 1 is 1.16 bits per heavy atom. The van der Waals surface area contributed by atoms with E-state index in [-0.39, 0.29) is 28.2 Å². The van der Waals surface area contributed by atoms with Crippen molar-refractivity contribution in [1.82, 2.24) is 15.4 Å². The molecule has 2 heterocycles. The Labute approximate surface area is 183 Å². The molecule has 8 nitrogen and oxygen atoms in total. The van der Waals surface area contributed by atoms with Gasteiger partial charge in [-0.05, 0) is 41.8 Å². The average Bonchev–Trinajstić information content (AvgIpc) is 2.81. The fourth-order valence-corrected chi connectivity index (χ4v) is 3.59. The molecule has 166 valence electrons. The van der Waals surface area contributed by atoms with E-state index in [1.165, 1.54) is 25.3 Å². The Bertz CT molecular complexity index is 1160. The molecule has 3 aromatic rings. The van der Waals surface area contributed by atoms with Crippen molar-refractivity contribution in [3.8, 4) is 5.75 Å². The highest BCUT2D eigenvalue weighted by Gasteiger charge is 2.23. The second kappa shape index (κ2) is 9.29. The smallest absolute Gasteiger partial charge is 0.341 e. The first-order valence-corrected chi connectivity index (χ1v) is 10.1. The Hall–Kier alpha value is -3.56. The number of aromatic nitrogens is 1. The summed E-state index contributed by atoms with van der Waals surface area (Å²) in [4.78, 5) is 29.6. The Balaban J connectivity index is 1.76. The highest BCUT2D eigenvalue weighted by atomic mass is 19.1. The third-order valence-electron chi connectivity index (χ3n) is 5.24. The summed E-state index contributed by atoms with van der Waals surface area (Å²) in [5.41, 5.74) is 4.59. The molecule has 9 heteroatoms. The Kier molecular flexibility index (Phi) is 6.29. The van der Waals surface area contributed by atoms with Crippen LogP contribution in [0.25, 0.3) is 10.9 Å². The Morgan fingerprint density at radius 3 is 2.56 bits per heavy atom. The van der Waals surface area contributed by atoms with Crippen LogP contribution in [0, 0.1) is 5.82 Å². The van der Waals surface area contributed by atoms with E-state index in [9.17, 15) is 19.1 Å². The molecule has 0 atom stereocenters. The van der Waals surface area contributed by atoms with E-state index in [1.807, 2.05) is 0 Å². The van der Waals surface area contributed by atoms with E-state index in [4.69, 9.17) is 9.47 Å². The minimum absolute atomic E-state index is 0.114. The number of halogens is 1. The lowest BCUT2D eigenvalue weighted by Crippen LogP contribution is -2.48. The summed E-state index contributed by atoms with van der Waals surface area (Å²) in [5, 5.41) is 12.7. The van der Waals surface area contributed by atoms with Crippen molar-refractivity contribution < 1.29 is 28.6 Å². The van der Waals surface area contributed by atoms with Crippen molar-refractivity contribution in [1.29, 1.82) is 0 Å². The van der Waals surface area contributed by atoms with Crippen molar-refractivity contribution >= 4 is 22.8 Å². The van der Waals surface area contributed by atoms with Crippen LogP contribution in [0.2, 0.25) is 0 Å². The summed E-state index contributed by atoms with van der Waals surface area (Å²) < 4.78 is 23.3. The van der Waals surface area contributed by atoms with Gasteiger partial charge in [0.2, 0.25) is 0 Å². The number of pyridine rings is 1. The zero-order valence-corrected chi connectivity index (χ0v) is 17.4. The van der Waals surface area contributed by atoms with Crippen LogP contribution in [-0.4, -0.2) is 60.4 Å². The Morgan fingerprint density at radius 2 is 1.88 bits per heavy atom. The van der Waals surface area contributed by atoms with Crippen molar-refractivity contribution in [3.05, 3.63) is 70.7 Å². The molecule has 2 N–H and O–H groups in total. The van der Waals surface area contributed by atoms with E-state index in [0.717, 1.165) is 11.1 Å². The molecular formula is C23H22FN3O5. The molecule has 0 aliphatic carbocycles. The molecule has 1 aromatic heterocycles. The molecule has 0 bridgehead atoms. The number of amides is 1. The fraction of sp³-hybridized carbons (Fsp3) is 0.261. The predicted molar refractivity (Wildman–Crippen MR) is 114 cm³/mol. The van der Waals surface area contributed by atoms with Crippen LogP contribution in [0.15, 0.2) is 42.6 Å². The molecular weight excluding hydrogens is 417 g/mol. The first-order chi connectivity index (χ1) is 15.5. The van der Waals surface area contributed by atoms with Crippen molar-refractivity contribution in [2.45, 2.75) is 6.42 Å². The quantitative estimate of drug-likeness (QED) is 0.589. The zero-order chi connectivity index (χ0) is 22.7. The molecule has 1 fully saturated rings. The monoisotopic (exact) mass is 439 g/mol. The van der Waals surface area contributed by atoms with Gasteiger partial charge < -0.3 is 14.6 Å². The summed E-state index contributed by atoms with van der Waals surface area (Å²) in [6.45, 7) is 2.04. The van der Waals surface area contributed by atoms with Gasteiger partial charge in [-0.25, -0.2) is 14.2 Å². The molecule has 1 aliphatic heterocycles. The summed E-state index contributed by atoms with van der Waals surface area (Å²) in [6.07, 6.45) is 2.00. The van der Waals surface area contributed by atoms with Gasteiger partial charge in [0.25, 0.3) is 5.91 Å². The van der Waals surface area contributed by atoms with Gasteiger partial charge in [-0.2, -0.15) is 0 Å². The van der Waals surface area contributed by atoms with Gasteiger partial charge in [-0.15, -0.1) is 0 Å². The number of nitrogens with one attached hydrogen (secondary N) is 1. The largest absolute Gasteiger partial charge is 0.505 e. The van der Waals surface area contributed by atoms with Gasteiger partial charge in [0.15, 0.2) is 5.75 Å².